The normalized spacial score (nSPS) is 10.4. The number of carboxylic acid groups (broad SMARTS) is 1. The zero-order chi connectivity index (χ0) is 12.1. The van der Waals surface area contributed by atoms with Gasteiger partial charge in [-0.25, -0.2) is 4.98 Å². The molecule has 2 aromatic rings. The summed E-state index contributed by atoms with van der Waals surface area (Å²) in [6.45, 7) is 0.197. The van der Waals surface area contributed by atoms with Gasteiger partial charge in [-0.05, 0) is 0 Å². The molecule has 0 atom stereocenters. The van der Waals surface area contributed by atoms with Gasteiger partial charge in [0.2, 0.25) is 5.89 Å². The van der Waals surface area contributed by atoms with Gasteiger partial charge in [-0.3, -0.25) is 10.1 Å². The Labute approximate surface area is 98.1 Å². The molecule has 0 unspecified atom stereocenters. The minimum absolute atomic E-state index is 0.108. The summed E-state index contributed by atoms with van der Waals surface area (Å²) in [6.07, 6.45) is 1.63. The summed E-state index contributed by atoms with van der Waals surface area (Å²) in [5.41, 5.74) is 0.949. The maximum Gasteiger partial charge on any atom is 0.317 e. The van der Waals surface area contributed by atoms with Crippen LogP contribution >= 0.6 is 0 Å². The summed E-state index contributed by atoms with van der Waals surface area (Å²) in [4.78, 5) is 14.4. The average Bonchev–Trinajstić information content (AvgIpc) is 2.78. The lowest BCUT2D eigenvalue weighted by molar-refractivity contribution is -0.136. The van der Waals surface area contributed by atoms with E-state index >= 15 is 0 Å². The molecule has 0 amide bonds. The third-order valence-electron chi connectivity index (χ3n) is 2.16. The smallest absolute Gasteiger partial charge is 0.317 e. The van der Waals surface area contributed by atoms with Crippen molar-refractivity contribution in [3.8, 4) is 11.3 Å². The summed E-state index contributed by atoms with van der Waals surface area (Å²) in [6, 6.07) is 9.61. The fourth-order valence-electron chi connectivity index (χ4n) is 1.40. The van der Waals surface area contributed by atoms with E-state index in [1.807, 2.05) is 30.3 Å². The molecule has 0 bridgehead atoms. The Balaban J connectivity index is 1.99. The first-order chi connectivity index (χ1) is 8.25. The van der Waals surface area contributed by atoms with Crippen molar-refractivity contribution < 1.29 is 14.3 Å². The molecule has 5 nitrogen and oxygen atoms in total. The fourth-order valence-corrected chi connectivity index (χ4v) is 1.40. The van der Waals surface area contributed by atoms with E-state index in [1.54, 1.807) is 6.20 Å². The minimum atomic E-state index is -0.903. The molecule has 0 radical (unpaired) electrons. The predicted octanol–water partition coefficient (Wildman–Crippen LogP) is 1.52. The second-order valence-corrected chi connectivity index (χ2v) is 3.48. The Bertz CT molecular complexity index is 493. The van der Waals surface area contributed by atoms with E-state index in [9.17, 15) is 4.79 Å². The van der Waals surface area contributed by atoms with Crippen molar-refractivity contribution in [2.45, 2.75) is 6.54 Å². The van der Waals surface area contributed by atoms with Crippen LogP contribution in [0.15, 0.2) is 40.9 Å². The van der Waals surface area contributed by atoms with E-state index in [2.05, 4.69) is 10.3 Å². The second kappa shape index (κ2) is 5.27. The summed E-state index contributed by atoms with van der Waals surface area (Å²) in [5.74, 6) is 0.252. The first-order valence-corrected chi connectivity index (χ1v) is 5.18. The van der Waals surface area contributed by atoms with Gasteiger partial charge < -0.3 is 9.52 Å². The molecule has 1 aromatic heterocycles. The largest absolute Gasteiger partial charge is 0.480 e. The molecule has 2 rings (SSSR count). The molecule has 1 aromatic carbocycles. The quantitative estimate of drug-likeness (QED) is 0.817. The van der Waals surface area contributed by atoms with Gasteiger partial charge in [-0.1, -0.05) is 30.3 Å². The third kappa shape index (κ3) is 3.15. The monoisotopic (exact) mass is 232 g/mol. The zero-order valence-electron chi connectivity index (χ0n) is 9.09. The number of nitrogens with zero attached hydrogens (tertiary/aromatic N) is 1. The molecule has 5 heteroatoms. The maximum absolute atomic E-state index is 10.3. The average molecular weight is 232 g/mol. The van der Waals surface area contributed by atoms with Gasteiger partial charge in [0.15, 0.2) is 5.76 Å². The van der Waals surface area contributed by atoms with E-state index in [0.29, 0.717) is 18.2 Å². The minimum Gasteiger partial charge on any atom is -0.480 e. The van der Waals surface area contributed by atoms with Crippen molar-refractivity contribution in [2.75, 3.05) is 6.54 Å². The van der Waals surface area contributed by atoms with Crippen LogP contribution in [0.25, 0.3) is 11.3 Å². The number of aromatic nitrogens is 1. The summed E-state index contributed by atoms with van der Waals surface area (Å²) >= 11 is 0. The molecule has 0 saturated carbocycles. The number of hydrogen-bond donors (Lipinski definition) is 2. The molecule has 1 heterocycles. The van der Waals surface area contributed by atoms with Crippen LogP contribution in [0.3, 0.4) is 0 Å². The highest BCUT2D eigenvalue weighted by molar-refractivity contribution is 5.68. The number of oxazole rings is 1. The Hall–Kier alpha value is -2.14. The molecular weight excluding hydrogens is 220 g/mol. The Kier molecular flexibility index (Phi) is 3.52. The van der Waals surface area contributed by atoms with Gasteiger partial charge in [0.25, 0.3) is 0 Å². The van der Waals surface area contributed by atoms with E-state index < -0.39 is 5.97 Å². The molecule has 0 aliphatic heterocycles. The van der Waals surface area contributed by atoms with Gasteiger partial charge in [0.1, 0.15) is 0 Å². The molecule has 2 N–H and O–H groups in total. The van der Waals surface area contributed by atoms with Crippen molar-refractivity contribution in [2.24, 2.45) is 0 Å². The van der Waals surface area contributed by atoms with Crippen LogP contribution in [0, 0.1) is 0 Å². The van der Waals surface area contributed by atoms with Gasteiger partial charge in [-0.2, -0.15) is 0 Å². The molecule has 17 heavy (non-hydrogen) atoms. The van der Waals surface area contributed by atoms with Crippen LogP contribution in [0.5, 0.6) is 0 Å². The van der Waals surface area contributed by atoms with Gasteiger partial charge in [0.05, 0.1) is 19.3 Å². The molecule has 0 fully saturated rings. The van der Waals surface area contributed by atoms with Crippen LogP contribution in [-0.4, -0.2) is 22.6 Å². The molecule has 0 spiro atoms. The number of carbonyl (C=O) groups is 1. The number of rotatable bonds is 5. The number of benzene rings is 1. The first-order valence-electron chi connectivity index (χ1n) is 5.18. The van der Waals surface area contributed by atoms with E-state index in [1.165, 1.54) is 0 Å². The Morgan fingerprint density at radius 3 is 2.82 bits per heavy atom. The van der Waals surface area contributed by atoms with Crippen LogP contribution in [0.1, 0.15) is 5.89 Å². The molecule has 0 saturated heterocycles. The number of carboxylic acids is 1. The van der Waals surface area contributed by atoms with Crippen molar-refractivity contribution in [1.29, 1.82) is 0 Å². The lowest BCUT2D eigenvalue weighted by Gasteiger charge is -1.97. The molecule has 0 aliphatic rings. The number of aliphatic carboxylic acids is 1. The van der Waals surface area contributed by atoms with E-state index in [-0.39, 0.29) is 6.54 Å². The third-order valence-corrected chi connectivity index (χ3v) is 2.16. The lowest BCUT2D eigenvalue weighted by Crippen LogP contribution is -2.21. The van der Waals surface area contributed by atoms with Crippen LogP contribution in [-0.2, 0) is 11.3 Å². The van der Waals surface area contributed by atoms with E-state index in [0.717, 1.165) is 5.56 Å². The van der Waals surface area contributed by atoms with Crippen LogP contribution in [0.4, 0.5) is 0 Å². The van der Waals surface area contributed by atoms with Crippen molar-refractivity contribution in [3.63, 3.8) is 0 Å². The first kappa shape index (κ1) is 11.3. The summed E-state index contributed by atoms with van der Waals surface area (Å²) in [7, 11) is 0. The zero-order valence-corrected chi connectivity index (χ0v) is 9.09. The van der Waals surface area contributed by atoms with Gasteiger partial charge >= 0.3 is 5.97 Å². The Morgan fingerprint density at radius 1 is 1.35 bits per heavy atom. The second-order valence-electron chi connectivity index (χ2n) is 3.48. The number of nitrogens with one attached hydrogen (secondary N) is 1. The molecular formula is C12H12N2O3. The lowest BCUT2D eigenvalue weighted by atomic mass is 10.2. The standard InChI is InChI=1S/C12H12N2O3/c15-12(16)8-13-7-11-14-6-10(17-11)9-4-2-1-3-5-9/h1-6,13H,7-8H2,(H,15,16). The molecule has 0 aliphatic carbocycles. The summed E-state index contributed by atoms with van der Waals surface area (Å²) in [5, 5.41) is 11.2. The van der Waals surface area contributed by atoms with Gasteiger partial charge in [-0.15, -0.1) is 0 Å². The Morgan fingerprint density at radius 2 is 2.12 bits per heavy atom. The predicted molar refractivity (Wildman–Crippen MR) is 61.3 cm³/mol. The highest BCUT2D eigenvalue weighted by Crippen LogP contribution is 2.19. The van der Waals surface area contributed by atoms with Gasteiger partial charge in [0, 0.05) is 5.56 Å². The highest BCUT2D eigenvalue weighted by atomic mass is 16.4. The molecule has 88 valence electrons. The summed E-state index contributed by atoms with van der Waals surface area (Å²) < 4.78 is 5.48. The maximum atomic E-state index is 10.3. The SMILES string of the molecule is O=C(O)CNCc1ncc(-c2ccccc2)o1. The van der Waals surface area contributed by atoms with Crippen molar-refractivity contribution in [1.82, 2.24) is 10.3 Å². The van der Waals surface area contributed by atoms with E-state index in [4.69, 9.17) is 9.52 Å². The van der Waals surface area contributed by atoms with Crippen LogP contribution < -0.4 is 5.32 Å². The van der Waals surface area contributed by atoms with Crippen molar-refractivity contribution in [3.05, 3.63) is 42.4 Å². The van der Waals surface area contributed by atoms with Crippen molar-refractivity contribution >= 4 is 5.97 Å². The topological polar surface area (TPSA) is 75.4 Å². The fraction of sp³-hybridized carbons (Fsp3) is 0.167. The highest BCUT2D eigenvalue weighted by Gasteiger charge is 2.05. The van der Waals surface area contributed by atoms with Crippen LogP contribution in [0.2, 0.25) is 0 Å². The number of hydrogen-bond acceptors (Lipinski definition) is 4.